The number of aromatic nitrogens is 3. The van der Waals surface area contributed by atoms with Crippen LogP contribution in [0.5, 0.6) is 5.75 Å². The monoisotopic (exact) mass is 495 g/mol. The highest BCUT2D eigenvalue weighted by molar-refractivity contribution is 9.10. The molecule has 0 fully saturated rings. The maximum absolute atomic E-state index is 13.4. The lowest BCUT2D eigenvalue weighted by Crippen LogP contribution is -2.37. The summed E-state index contributed by atoms with van der Waals surface area (Å²) in [4.78, 5) is 26.2. The summed E-state index contributed by atoms with van der Waals surface area (Å²) < 4.78 is 17.3. The van der Waals surface area contributed by atoms with E-state index in [1.165, 1.54) is 11.6 Å². The van der Waals surface area contributed by atoms with Crippen molar-refractivity contribution < 1.29 is 9.47 Å². The third-order valence-electron chi connectivity index (χ3n) is 6.09. The number of rotatable bonds is 3. The molecule has 0 spiro atoms. The van der Waals surface area contributed by atoms with Crippen LogP contribution >= 0.6 is 15.9 Å². The highest BCUT2D eigenvalue weighted by Gasteiger charge is 2.33. The van der Waals surface area contributed by atoms with Gasteiger partial charge in [-0.1, -0.05) is 40.2 Å². The minimum absolute atomic E-state index is 0.309. The second-order valence-electron chi connectivity index (χ2n) is 7.85. The summed E-state index contributed by atoms with van der Waals surface area (Å²) in [6.45, 7) is 1.07. The van der Waals surface area contributed by atoms with Crippen molar-refractivity contribution in [3.63, 3.8) is 0 Å². The van der Waals surface area contributed by atoms with Gasteiger partial charge in [-0.25, -0.2) is 4.79 Å². The first-order valence-electron chi connectivity index (χ1n) is 10.3. The Labute approximate surface area is 192 Å². The van der Waals surface area contributed by atoms with Crippen molar-refractivity contribution in [1.29, 1.82) is 0 Å². The predicted octanol–water partition coefficient (Wildman–Crippen LogP) is 3.60. The third kappa shape index (κ3) is 3.05. The van der Waals surface area contributed by atoms with Gasteiger partial charge in [-0.05, 0) is 35.4 Å². The number of methoxy groups -OCH3 is 1. The molecule has 0 saturated heterocycles. The molecule has 5 rings (SSSR count). The molecule has 0 amide bonds. The van der Waals surface area contributed by atoms with Crippen LogP contribution in [0.3, 0.4) is 0 Å². The number of hydrogen-bond donors (Lipinski definition) is 0. The van der Waals surface area contributed by atoms with Gasteiger partial charge in [0.1, 0.15) is 11.9 Å². The molecule has 0 aliphatic carbocycles. The van der Waals surface area contributed by atoms with E-state index in [-0.39, 0.29) is 11.2 Å². The van der Waals surface area contributed by atoms with E-state index in [1.807, 2.05) is 48.5 Å². The van der Waals surface area contributed by atoms with Crippen molar-refractivity contribution in [3.05, 3.63) is 85.1 Å². The van der Waals surface area contributed by atoms with Crippen LogP contribution in [0.4, 0.5) is 0 Å². The van der Waals surface area contributed by atoms with Gasteiger partial charge >= 0.3 is 5.69 Å². The molecule has 3 heterocycles. The lowest BCUT2D eigenvalue weighted by Gasteiger charge is -2.27. The number of benzene rings is 2. The summed E-state index contributed by atoms with van der Waals surface area (Å²) in [5.41, 5.74) is 3.40. The standard InChI is InChI=1S/C24H22BrN3O4/c1-26-20-18(23(29)27(2)24(26)30)19(14-4-8-16(25)9-5-14)28-12-13-32-22(21(20)28)15-6-10-17(31-3)11-7-15/h4-11,22H,12-13H2,1-3H3. The van der Waals surface area contributed by atoms with Gasteiger partial charge in [0.2, 0.25) is 0 Å². The average molecular weight is 496 g/mol. The average Bonchev–Trinajstić information content (AvgIpc) is 3.17. The second kappa shape index (κ2) is 7.79. The zero-order valence-corrected chi connectivity index (χ0v) is 19.5. The first-order valence-corrected chi connectivity index (χ1v) is 11.0. The van der Waals surface area contributed by atoms with Crippen LogP contribution in [0, 0.1) is 0 Å². The van der Waals surface area contributed by atoms with Crippen molar-refractivity contribution >= 4 is 26.8 Å². The Morgan fingerprint density at radius 1 is 1.00 bits per heavy atom. The number of hydrogen-bond acceptors (Lipinski definition) is 4. The van der Waals surface area contributed by atoms with E-state index in [0.717, 1.165) is 32.7 Å². The SMILES string of the molecule is COc1ccc(C2OCCn3c(-c4ccc(Br)cc4)c4c(=O)n(C)c(=O)n(C)c4c32)cc1. The van der Waals surface area contributed by atoms with E-state index >= 15 is 0 Å². The van der Waals surface area contributed by atoms with Gasteiger partial charge in [0.25, 0.3) is 5.56 Å². The Bertz CT molecular complexity index is 1450. The van der Waals surface area contributed by atoms with E-state index in [2.05, 4.69) is 20.5 Å². The van der Waals surface area contributed by atoms with Crippen molar-refractivity contribution in [1.82, 2.24) is 13.7 Å². The van der Waals surface area contributed by atoms with Gasteiger partial charge in [-0.15, -0.1) is 0 Å². The van der Waals surface area contributed by atoms with Crippen LogP contribution in [-0.4, -0.2) is 27.4 Å². The zero-order valence-electron chi connectivity index (χ0n) is 18.0. The molecule has 8 heteroatoms. The molecule has 4 aromatic rings. The van der Waals surface area contributed by atoms with Crippen LogP contribution < -0.4 is 16.0 Å². The molecule has 0 N–H and O–H groups in total. The van der Waals surface area contributed by atoms with E-state index in [9.17, 15) is 9.59 Å². The van der Waals surface area contributed by atoms with E-state index in [0.29, 0.717) is 24.1 Å². The Morgan fingerprint density at radius 2 is 1.69 bits per heavy atom. The molecule has 7 nitrogen and oxygen atoms in total. The number of fused-ring (bicyclic) bond motifs is 3. The molecule has 1 atom stereocenters. The van der Waals surface area contributed by atoms with Crippen LogP contribution in [0.25, 0.3) is 22.2 Å². The van der Waals surface area contributed by atoms with Crippen LogP contribution in [0.1, 0.15) is 17.4 Å². The smallest absolute Gasteiger partial charge is 0.331 e. The lowest BCUT2D eigenvalue weighted by molar-refractivity contribution is 0.0478. The molecule has 2 aromatic heterocycles. The zero-order chi connectivity index (χ0) is 22.6. The Morgan fingerprint density at radius 3 is 2.34 bits per heavy atom. The Kier molecular flexibility index (Phi) is 5.06. The van der Waals surface area contributed by atoms with Crippen molar-refractivity contribution in [3.8, 4) is 17.0 Å². The molecular weight excluding hydrogens is 474 g/mol. The number of nitrogens with zero attached hydrogens (tertiary/aromatic N) is 3. The van der Waals surface area contributed by atoms with Crippen molar-refractivity contribution in [2.24, 2.45) is 14.1 Å². The quantitative estimate of drug-likeness (QED) is 0.435. The van der Waals surface area contributed by atoms with Gasteiger partial charge in [0.05, 0.1) is 36.0 Å². The van der Waals surface area contributed by atoms with Gasteiger partial charge < -0.3 is 14.0 Å². The fourth-order valence-corrected chi connectivity index (χ4v) is 4.78. The van der Waals surface area contributed by atoms with E-state index < -0.39 is 6.10 Å². The highest BCUT2D eigenvalue weighted by Crippen LogP contribution is 2.40. The second-order valence-corrected chi connectivity index (χ2v) is 8.76. The minimum atomic E-state index is -0.418. The van der Waals surface area contributed by atoms with Crippen LogP contribution in [0.15, 0.2) is 62.6 Å². The number of aryl methyl sites for hydroxylation is 1. The molecule has 0 radical (unpaired) electrons. The maximum atomic E-state index is 13.4. The van der Waals surface area contributed by atoms with Gasteiger partial charge in [-0.2, -0.15) is 0 Å². The summed E-state index contributed by atoms with van der Waals surface area (Å²) >= 11 is 3.48. The largest absolute Gasteiger partial charge is 0.497 e. The molecule has 32 heavy (non-hydrogen) atoms. The molecule has 0 bridgehead atoms. The lowest BCUT2D eigenvalue weighted by atomic mass is 10.0. The topological polar surface area (TPSA) is 67.4 Å². The van der Waals surface area contributed by atoms with Crippen molar-refractivity contribution in [2.75, 3.05) is 13.7 Å². The fraction of sp³-hybridized carbons (Fsp3) is 0.250. The predicted molar refractivity (Wildman–Crippen MR) is 126 cm³/mol. The first-order chi connectivity index (χ1) is 15.4. The first kappa shape index (κ1) is 20.8. The molecule has 1 aliphatic heterocycles. The van der Waals surface area contributed by atoms with Crippen molar-refractivity contribution in [2.45, 2.75) is 12.6 Å². The number of ether oxygens (including phenoxy) is 2. The molecule has 1 unspecified atom stereocenters. The highest BCUT2D eigenvalue weighted by atomic mass is 79.9. The summed E-state index contributed by atoms with van der Waals surface area (Å²) in [5.74, 6) is 0.752. The molecule has 2 aromatic carbocycles. The number of halogens is 1. The summed E-state index contributed by atoms with van der Waals surface area (Å²) in [6.07, 6.45) is -0.418. The van der Waals surface area contributed by atoms with E-state index in [1.54, 1.807) is 18.7 Å². The molecule has 1 aliphatic rings. The van der Waals surface area contributed by atoms with Gasteiger partial charge in [0, 0.05) is 25.1 Å². The normalized spacial score (nSPS) is 15.7. The van der Waals surface area contributed by atoms with Crippen LogP contribution in [0.2, 0.25) is 0 Å². The fourth-order valence-electron chi connectivity index (χ4n) is 4.52. The Balaban J connectivity index is 1.89. The maximum Gasteiger partial charge on any atom is 0.331 e. The van der Waals surface area contributed by atoms with Gasteiger partial charge in [-0.3, -0.25) is 13.9 Å². The molecule has 164 valence electrons. The molecule has 0 saturated carbocycles. The summed E-state index contributed by atoms with van der Waals surface area (Å²) in [6, 6.07) is 15.5. The third-order valence-corrected chi connectivity index (χ3v) is 6.62. The van der Waals surface area contributed by atoms with Gasteiger partial charge in [0.15, 0.2) is 0 Å². The summed E-state index contributed by atoms with van der Waals surface area (Å²) in [7, 11) is 4.85. The summed E-state index contributed by atoms with van der Waals surface area (Å²) in [5, 5.41) is 0.524. The van der Waals surface area contributed by atoms with E-state index in [4.69, 9.17) is 9.47 Å². The molecular formula is C24H22BrN3O4. The van der Waals surface area contributed by atoms with Crippen LogP contribution in [-0.2, 0) is 25.4 Å². The minimum Gasteiger partial charge on any atom is -0.497 e. The Hall–Kier alpha value is -3.10.